The first-order valence-corrected chi connectivity index (χ1v) is 5.27. The zero-order valence-electron chi connectivity index (χ0n) is 9.96. The van der Waals surface area contributed by atoms with Crippen LogP contribution in [0.2, 0.25) is 0 Å². The van der Waals surface area contributed by atoms with E-state index in [0.29, 0.717) is 17.6 Å². The molecule has 0 N–H and O–H groups in total. The van der Waals surface area contributed by atoms with Gasteiger partial charge in [0.15, 0.2) is 0 Å². The Balaban J connectivity index is 2.59. The topological polar surface area (TPSA) is 6.48 Å². The molecule has 2 atom stereocenters. The summed E-state index contributed by atoms with van der Waals surface area (Å²) < 4.78 is 0. The van der Waals surface area contributed by atoms with Crippen LogP contribution in [0.25, 0.3) is 0 Å². The van der Waals surface area contributed by atoms with E-state index in [2.05, 4.69) is 51.5 Å². The SMILES string of the molecule is CC1CN(C)C(C)N1CC(C)(C)C. The van der Waals surface area contributed by atoms with Crippen molar-refractivity contribution in [1.82, 2.24) is 9.80 Å². The van der Waals surface area contributed by atoms with Gasteiger partial charge in [-0.05, 0) is 26.3 Å². The molecule has 1 aliphatic rings. The molecule has 0 radical (unpaired) electrons. The molecule has 0 aliphatic carbocycles. The van der Waals surface area contributed by atoms with Gasteiger partial charge >= 0.3 is 0 Å². The number of nitrogens with zero attached hydrogens (tertiary/aromatic N) is 2. The van der Waals surface area contributed by atoms with Crippen molar-refractivity contribution in [2.24, 2.45) is 5.41 Å². The highest BCUT2D eigenvalue weighted by molar-refractivity contribution is 4.85. The van der Waals surface area contributed by atoms with Crippen molar-refractivity contribution in [2.75, 3.05) is 20.1 Å². The average molecular weight is 184 g/mol. The van der Waals surface area contributed by atoms with Crippen LogP contribution in [0, 0.1) is 5.41 Å². The first-order chi connectivity index (χ1) is 5.81. The Bertz CT molecular complexity index is 171. The van der Waals surface area contributed by atoms with E-state index in [1.807, 2.05) is 0 Å². The van der Waals surface area contributed by atoms with Gasteiger partial charge in [0, 0.05) is 19.1 Å². The summed E-state index contributed by atoms with van der Waals surface area (Å²) in [6, 6.07) is 0.708. The van der Waals surface area contributed by atoms with E-state index in [4.69, 9.17) is 0 Å². The van der Waals surface area contributed by atoms with Gasteiger partial charge in [-0.25, -0.2) is 0 Å². The van der Waals surface area contributed by atoms with E-state index in [1.165, 1.54) is 13.1 Å². The fourth-order valence-corrected chi connectivity index (χ4v) is 2.13. The van der Waals surface area contributed by atoms with Crippen molar-refractivity contribution < 1.29 is 0 Å². The standard InChI is InChI=1S/C11H24N2/c1-9-7-12(6)10(2)13(9)8-11(3,4)5/h9-10H,7-8H2,1-6H3. The largest absolute Gasteiger partial charge is 0.290 e. The maximum absolute atomic E-state index is 2.60. The predicted octanol–water partition coefficient (Wildman–Crippen LogP) is 2.01. The van der Waals surface area contributed by atoms with Crippen LogP contribution in [0.5, 0.6) is 0 Å². The van der Waals surface area contributed by atoms with Gasteiger partial charge in [-0.2, -0.15) is 0 Å². The molecule has 0 bridgehead atoms. The molecule has 1 fully saturated rings. The van der Waals surface area contributed by atoms with Crippen molar-refractivity contribution in [1.29, 1.82) is 0 Å². The van der Waals surface area contributed by atoms with Gasteiger partial charge in [0.2, 0.25) is 0 Å². The number of hydrogen-bond donors (Lipinski definition) is 0. The molecule has 13 heavy (non-hydrogen) atoms. The molecule has 0 saturated carbocycles. The van der Waals surface area contributed by atoms with Gasteiger partial charge in [0.05, 0.1) is 6.17 Å². The van der Waals surface area contributed by atoms with Crippen molar-refractivity contribution in [2.45, 2.75) is 46.8 Å². The summed E-state index contributed by atoms with van der Waals surface area (Å²) in [5.41, 5.74) is 0.410. The van der Waals surface area contributed by atoms with Crippen LogP contribution in [0.4, 0.5) is 0 Å². The summed E-state index contributed by atoms with van der Waals surface area (Å²) in [5.74, 6) is 0. The molecule has 78 valence electrons. The van der Waals surface area contributed by atoms with Crippen LogP contribution in [-0.2, 0) is 0 Å². The Morgan fingerprint density at radius 2 is 1.77 bits per heavy atom. The second-order valence-corrected chi connectivity index (χ2v) is 5.65. The monoisotopic (exact) mass is 184 g/mol. The summed E-state index contributed by atoms with van der Waals surface area (Å²) in [7, 11) is 2.21. The molecular weight excluding hydrogens is 160 g/mol. The van der Waals surface area contributed by atoms with Crippen LogP contribution in [0.15, 0.2) is 0 Å². The Labute approximate surface area is 82.9 Å². The zero-order valence-corrected chi connectivity index (χ0v) is 9.96. The smallest absolute Gasteiger partial charge is 0.0594 e. The van der Waals surface area contributed by atoms with E-state index in [9.17, 15) is 0 Å². The van der Waals surface area contributed by atoms with Gasteiger partial charge in [0.1, 0.15) is 0 Å². The zero-order chi connectivity index (χ0) is 10.2. The Hall–Kier alpha value is -0.0800. The normalized spacial score (nSPS) is 32.8. The van der Waals surface area contributed by atoms with Crippen LogP contribution in [-0.4, -0.2) is 42.1 Å². The third-order valence-electron chi connectivity index (χ3n) is 2.89. The van der Waals surface area contributed by atoms with Crippen molar-refractivity contribution in [3.05, 3.63) is 0 Å². The first-order valence-electron chi connectivity index (χ1n) is 5.27. The Kier molecular flexibility index (Phi) is 3.03. The fourth-order valence-electron chi connectivity index (χ4n) is 2.13. The number of likely N-dealkylation sites (N-methyl/N-ethyl adjacent to an activating group) is 1. The minimum atomic E-state index is 0.410. The van der Waals surface area contributed by atoms with E-state index in [1.54, 1.807) is 0 Å². The molecular formula is C11H24N2. The van der Waals surface area contributed by atoms with Crippen LogP contribution in [0.3, 0.4) is 0 Å². The maximum atomic E-state index is 2.60. The number of rotatable bonds is 1. The third-order valence-corrected chi connectivity index (χ3v) is 2.89. The third kappa shape index (κ3) is 2.68. The van der Waals surface area contributed by atoms with Gasteiger partial charge in [-0.1, -0.05) is 20.8 Å². The molecule has 0 aromatic rings. The lowest BCUT2D eigenvalue weighted by Gasteiger charge is -2.33. The molecule has 2 heteroatoms. The molecule has 2 nitrogen and oxygen atoms in total. The van der Waals surface area contributed by atoms with Crippen molar-refractivity contribution >= 4 is 0 Å². The second kappa shape index (κ2) is 3.58. The molecule has 1 saturated heterocycles. The molecule has 0 spiro atoms. The lowest BCUT2D eigenvalue weighted by Crippen LogP contribution is -2.41. The highest BCUT2D eigenvalue weighted by Gasteiger charge is 2.33. The van der Waals surface area contributed by atoms with E-state index in [-0.39, 0.29) is 0 Å². The van der Waals surface area contributed by atoms with E-state index in [0.717, 1.165) is 0 Å². The van der Waals surface area contributed by atoms with Crippen LogP contribution < -0.4 is 0 Å². The fraction of sp³-hybridized carbons (Fsp3) is 1.00. The van der Waals surface area contributed by atoms with Gasteiger partial charge in [0.25, 0.3) is 0 Å². The quantitative estimate of drug-likeness (QED) is 0.615. The average Bonchev–Trinajstić information content (AvgIpc) is 2.14. The minimum Gasteiger partial charge on any atom is -0.290 e. The van der Waals surface area contributed by atoms with E-state index < -0.39 is 0 Å². The van der Waals surface area contributed by atoms with Crippen LogP contribution >= 0.6 is 0 Å². The lowest BCUT2D eigenvalue weighted by atomic mass is 9.95. The van der Waals surface area contributed by atoms with Gasteiger partial charge in [-0.15, -0.1) is 0 Å². The lowest BCUT2D eigenvalue weighted by molar-refractivity contribution is 0.112. The Morgan fingerprint density at radius 1 is 1.23 bits per heavy atom. The summed E-state index contributed by atoms with van der Waals surface area (Å²) in [5, 5.41) is 0. The molecule has 0 aromatic heterocycles. The second-order valence-electron chi connectivity index (χ2n) is 5.65. The van der Waals surface area contributed by atoms with Crippen molar-refractivity contribution in [3.63, 3.8) is 0 Å². The highest BCUT2D eigenvalue weighted by atomic mass is 15.4. The Morgan fingerprint density at radius 3 is 2.08 bits per heavy atom. The van der Waals surface area contributed by atoms with E-state index >= 15 is 0 Å². The number of hydrogen-bond acceptors (Lipinski definition) is 2. The van der Waals surface area contributed by atoms with Crippen LogP contribution in [0.1, 0.15) is 34.6 Å². The van der Waals surface area contributed by atoms with Gasteiger partial charge in [-0.3, -0.25) is 9.80 Å². The van der Waals surface area contributed by atoms with Gasteiger partial charge < -0.3 is 0 Å². The van der Waals surface area contributed by atoms with Crippen molar-refractivity contribution in [3.8, 4) is 0 Å². The summed E-state index contributed by atoms with van der Waals surface area (Å²) in [6.45, 7) is 14.0. The first kappa shape index (κ1) is 11.0. The molecule has 0 aromatic carbocycles. The molecule has 1 heterocycles. The molecule has 2 unspecified atom stereocenters. The minimum absolute atomic E-state index is 0.410. The molecule has 0 amide bonds. The molecule has 1 aliphatic heterocycles. The highest BCUT2D eigenvalue weighted by Crippen LogP contribution is 2.24. The summed E-state index contributed by atoms with van der Waals surface area (Å²) in [6.07, 6.45) is 0.606. The molecule has 1 rings (SSSR count). The maximum Gasteiger partial charge on any atom is 0.0594 e. The summed E-state index contributed by atoms with van der Waals surface area (Å²) in [4.78, 5) is 5.02. The summed E-state index contributed by atoms with van der Waals surface area (Å²) >= 11 is 0. The predicted molar refractivity (Wildman–Crippen MR) is 57.7 cm³/mol.